The molecule has 5 heteroatoms. The maximum Gasteiger partial charge on any atom is 0.291 e. The second kappa shape index (κ2) is 7.49. The summed E-state index contributed by atoms with van der Waals surface area (Å²) in [7, 11) is 0. The molecule has 0 aliphatic heterocycles. The lowest BCUT2D eigenvalue weighted by Gasteiger charge is -2.08. The predicted octanol–water partition coefficient (Wildman–Crippen LogP) is 4.02. The number of hydrogen-bond donors (Lipinski definition) is 2. The van der Waals surface area contributed by atoms with Gasteiger partial charge in [0.15, 0.2) is 5.76 Å². The highest BCUT2D eigenvalue weighted by atomic mass is 16.3. The zero-order valence-corrected chi connectivity index (χ0v) is 13.8. The first-order chi connectivity index (χ1) is 12.1. The molecule has 1 heterocycles. The third-order valence-corrected chi connectivity index (χ3v) is 3.66. The molecule has 0 saturated carbocycles. The number of rotatable bonds is 5. The van der Waals surface area contributed by atoms with Crippen molar-refractivity contribution < 1.29 is 14.0 Å². The molecule has 0 unspecified atom stereocenters. The average Bonchev–Trinajstić information content (AvgIpc) is 3.13. The van der Waals surface area contributed by atoms with Crippen LogP contribution in [-0.2, 0) is 11.2 Å². The molecule has 0 bridgehead atoms. The number of carbonyl (C=O) groups is 2. The number of amides is 2. The van der Waals surface area contributed by atoms with Crippen molar-refractivity contribution in [1.29, 1.82) is 0 Å². The Morgan fingerprint density at radius 3 is 2.12 bits per heavy atom. The molecular weight excluding hydrogens is 316 g/mol. The number of hydrogen-bond acceptors (Lipinski definition) is 3. The Labute approximate surface area is 145 Å². The second-order valence-corrected chi connectivity index (χ2v) is 5.72. The van der Waals surface area contributed by atoms with Crippen molar-refractivity contribution in [2.75, 3.05) is 10.6 Å². The van der Waals surface area contributed by atoms with Gasteiger partial charge in [0.1, 0.15) is 0 Å². The standard InChI is InChI=1S/C20H18N2O3/c1-14-4-6-15(7-5-14)13-19(23)21-16-8-10-17(11-9-16)22-20(24)18-3-2-12-25-18/h2-12H,13H2,1H3,(H,21,23)(H,22,24). The Bertz CT molecular complexity index is 851. The average molecular weight is 334 g/mol. The van der Waals surface area contributed by atoms with E-state index in [4.69, 9.17) is 4.42 Å². The first-order valence-corrected chi connectivity index (χ1v) is 7.90. The van der Waals surface area contributed by atoms with Gasteiger partial charge in [-0.3, -0.25) is 9.59 Å². The lowest BCUT2D eigenvalue weighted by molar-refractivity contribution is -0.115. The van der Waals surface area contributed by atoms with Crippen LogP contribution in [0.15, 0.2) is 71.3 Å². The third-order valence-electron chi connectivity index (χ3n) is 3.66. The van der Waals surface area contributed by atoms with E-state index in [0.717, 1.165) is 11.1 Å². The molecule has 0 spiro atoms. The fraction of sp³-hybridized carbons (Fsp3) is 0.100. The summed E-state index contributed by atoms with van der Waals surface area (Å²) in [5, 5.41) is 5.57. The SMILES string of the molecule is Cc1ccc(CC(=O)Nc2ccc(NC(=O)c3ccco3)cc2)cc1. The molecular formula is C20H18N2O3. The minimum absolute atomic E-state index is 0.0868. The normalized spacial score (nSPS) is 10.3. The minimum Gasteiger partial charge on any atom is -0.459 e. The van der Waals surface area contributed by atoms with E-state index in [-0.39, 0.29) is 17.6 Å². The van der Waals surface area contributed by atoms with Gasteiger partial charge in [0.05, 0.1) is 12.7 Å². The Kier molecular flexibility index (Phi) is 4.95. The van der Waals surface area contributed by atoms with Crippen molar-refractivity contribution in [2.24, 2.45) is 0 Å². The first-order valence-electron chi connectivity index (χ1n) is 7.90. The molecule has 3 rings (SSSR count). The van der Waals surface area contributed by atoms with Gasteiger partial charge < -0.3 is 15.1 Å². The number of carbonyl (C=O) groups excluding carboxylic acids is 2. The lowest BCUT2D eigenvalue weighted by atomic mass is 10.1. The highest BCUT2D eigenvalue weighted by molar-refractivity contribution is 6.02. The van der Waals surface area contributed by atoms with E-state index in [1.807, 2.05) is 31.2 Å². The fourth-order valence-corrected chi connectivity index (χ4v) is 2.33. The van der Waals surface area contributed by atoms with Gasteiger partial charge in [0, 0.05) is 11.4 Å². The van der Waals surface area contributed by atoms with Crippen LogP contribution in [0.5, 0.6) is 0 Å². The number of furan rings is 1. The molecule has 0 atom stereocenters. The van der Waals surface area contributed by atoms with Gasteiger partial charge in [-0.25, -0.2) is 0 Å². The molecule has 25 heavy (non-hydrogen) atoms. The maximum absolute atomic E-state index is 12.1. The highest BCUT2D eigenvalue weighted by Gasteiger charge is 2.09. The molecule has 2 N–H and O–H groups in total. The molecule has 2 amide bonds. The van der Waals surface area contributed by atoms with E-state index >= 15 is 0 Å². The summed E-state index contributed by atoms with van der Waals surface area (Å²) >= 11 is 0. The maximum atomic E-state index is 12.1. The number of benzene rings is 2. The van der Waals surface area contributed by atoms with Crippen LogP contribution in [-0.4, -0.2) is 11.8 Å². The number of nitrogens with one attached hydrogen (secondary N) is 2. The fourth-order valence-electron chi connectivity index (χ4n) is 2.33. The molecule has 1 aromatic heterocycles. The highest BCUT2D eigenvalue weighted by Crippen LogP contribution is 2.15. The summed E-state index contributed by atoms with van der Waals surface area (Å²) in [6.45, 7) is 2.01. The summed E-state index contributed by atoms with van der Waals surface area (Å²) in [5.74, 6) is -0.159. The molecule has 0 aliphatic carbocycles. The van der Waals surface area contributed by atoms with E-state index in [2.05, 4.69) is 10.6 Å². The van der Waals surface area contributed by atoms with Gasteiger partial charge in [-0.05, 0) is 48.9 Å². The van der Waals surface area contributed by atoms with E-state index in [0.29, 0.717) is 17.8 Å². The molecule has 126 valence electrons. The van der Waals surface area contributed by atoms with Gasteiger partial charge >= 0.3 is 0 Å². The van der Waals surface area contributed by atoms with Crippen LogP contribution in [0, 0.1) is 6.92 Å². The van der Waals surface area contributed by atoms with Crippen LogP contribution in [0.1, 0.15) is 21.7 Å². The molecule has 0 saturated heterocycles. The van der Waals surface area contributed by atoms with E-state index < -0.39 is 0 Å². The van der Waals surface area contributed by atoms with Crippen LogP contribution < -0.4 is 10.6 Å². The Morgan fingerprint density at radius 1 is 0.880 bits per heavy atom. The Hall–Kier alpha value is -3.34. The van der Waals surface area contributed by atoms with Crippen LogP contribution >= 0.6 is 0 Å². The largest absolute Gasteiger partial charge is 0.459 e. The van der Waals surface area contributed by atoms with Crippen molar-refractivity contribution >= 4 is 23.2 Å². The second-order valence-electron chi connectivity index (χ2n) is 5.72. The van der Waals surface area contributed by atoms with E-state index in [1.54, 1.807) is 36.4 Å². The predicted molar refractivity (Wildman–Crippen MR) is 96.6 cm³/mol. The molecule has 0 fully saturated rings. The number of aryl methyl sites for hydroxylation is 1. The van der Waals surface area contributed by atoms with Gasteiger partial charge in [0.25, 0.3) is 5.91 Å². The molecule has 2 aromatic carbocycles. The Balaban J connectivity index is 1.56. The van der Waals surface area contributed by atoms with Crippen LogP contribution in [0.4, 0.5) is 11.4 Å². The third kappa shape index (κ3) is 4.57. The quantitative estimate of drug-likeness (QED) is 0.740. The molecule has 0 radical (unpaired) electrons. The smallest absolute Gasteiger partial charge is 0.291 e. The summed E-state index contributed by atoms with van der Waals surface area (Å²) in [6.07, 6.45) is 1.76. The van der Waals surface area contributed by atoms with Crippen LogP contribution in [0.2, 0.25) is 0 Å². The summed E-state index contributed by atoms with van der Waals surface area (Å²) < 4.78 is 5.04. The van der Waals surface area contributed by atoms with Crippen molar-refractivity contribution in [3.05, 3.63) is 83.8 Å². The zero-order valence-electron chi connectivity index (χ0n) is 13.8. The summed E-state index contributed by atoms with van der Waals surface area (Å²) in [5.41, 5.74) is 3.42. The van der Waals surface area contributed by atoms with Crippen LogP contribution in [0.25, 0.3) is 0 Å². The van der Waals surface area contributed by atoms with E-state index in [1.165, 1.54) is 6.26 Å². The van der Waals surface area contributed by atoms with Gasteiger partial charge in [0.2, 0.25) is 5.91 Å². The minimum atomic E-state index is -0.318. The zero-order chi connectivity index (χ0) is 17.6. The summed E-state index contributed by atoms with van der Waals surface area (Å²) in [4.78, 5) is 24.0. The topological polar surface area (TPSA) is 71.3 Å². The lowest BCUT2D eigenvalue weighted by Crippen LogP contribution is -2.14. The van der Waals surface area contributed by atoms with Crippen molar-refractivity contribution in [1.82, 2.24) is 0 Å². The van der Waals surface area contributed by atoms with E-state index in [9.17, 15) is 9.59 Å². The van der Waals surface area contributed by atoms with Crippen molar-refractivity contribution in [3.63, 3.8) is 0 Å². The molecule has 0 aliphatic rings. The molecule has 5 nitrogen and oxygen atoms in total. The first kappa shape index (κ1) is 16.5. The Morgan fingerprint density at radius 2 is 1.52 bits per heavy atom. The summed E-state index contributed by atoms with van der Waals surface area (Å²) in [6, 6.07) is 18.0. The van der Waals surface area contributed by atoms with Gasteiger partial charge in [-0.1, -0.05) is 29.8 Å². The van der Waals surface area contributed by atoms with Gasteiger partial charge in [-0.2, -0.15) is 0 Å². The molecule has 3 aromatic rings. The van der Waals surface area contributed by atoms with Gasteiger partial charge in [-0.15, -0.1) is 0 Å². The van der Waals surface area contributed by atoms with Crippen molar-refractivity contribution in [3.8, 4) is 0 Å². The number of anilines is 2. The monoisotopic (exact) mass is 334 g/mol. The van der Waals surface area contributed by atoms with Crippen LogP contribution in [0.3, 0.4) is 0 Å². The van der Waals surface area contributed by atoms with Crippen molar-refractivity contribution in [2.45, 2.75) is 13.3 Å².